The van der Waals surface area contributed by atoms with Crippen molar-refractivity contribution in [3.8, 4) is 5.75 Å². The molecule has 0 spiro atoms. The van der Waals surface area contributed by atoms with Gasteiger partial charge in [0.25, 0.3) is 5.91 Å². The van der Waals surface area contributed by atoms with Crippen molar-refractivity contribution in [2.75, 3.05) is 14.1 Å². The van der Waals surface area contributed by atoms with E-state index in [9.17, 15) is 14.9 Å². The molecule has 0 aromatic carbocycles. The predicted octanol–water partition coefficient (Wildman–Crippen LogP) is 1.23. The topological polar surface area (TPSA) is 85.6 Å². The van der Waals surface area contributed by atoms with E-state index < -0.39 is 10.8 Å². The van der Waals surface area contributed by atoms with Gasteiger partial charge in [-0.15, -0.1) is 0 Å². The summed E-state index contributed by atoms with van der Waals surface area (Å²) in [5.74, 6) is -0.432. The van der Waals surface area contributed by atoms with Gasteiger partial charge in [-0.05, 0) is 12.8 Å². The lowest BCUT2D eigenvalue weighted by Gasteiger charge is -2.13. The number of rotatable bonds is 4. The number of hydrogen-bond acceptors (Lipinski definition) is 5. The smallest absolute Gasteiger partial charge is 0.315 e. The zero-order chi connectivity index (χ0) is 13.3. The molecule has 1 saturated carbocycles. The average Bonchev–Trinajstić information content (AvgIpc) is 3.11. The molecule has 7 heteroatoms. The summed E-state index contributed by atoms with van der Waals surface area (Å²) >= 11 is 0. The molecule has 0 unspecified atom stereocenters. The third-order valence-corrected chi connectivity index (χ3v) is 2.50. The van der Waals surface area contributed by atoms with Crippen molar-refractivity contribution < 1.29 is 14.5 Å². The van der Waals surface area contributed by atoms with Gasteiger partial charge < -0.3 is 9.64 Å². The van der Waals surface area contributed by atoms with Crippen LogP contribution < -0.4 is 4.74 Å². The fraction of sp³-hybridized carbons (Fsp3) is 0.455. The van der Waals surface area contributed by atoms with Crippen LogP contribution in [0.2, 0.25) is 0 Å². The third kappa shape index (κ3) is 2.39. The molecule has 0 aliphatic heterocycles. The van der Waals surface area contributed by atoms with Crippen LogP contribution in [-0.2, 0) is 0 Å². The van der Waals surface area contributed by atoms with Crippen LogP contribution in [0.4, 0.5) is 5.69 Å². The summed E-state index contributed by atoms with van der Waals surface area (Å²) in [6, 6.07) is 1.24. The van der Waals surface area contributed by atoms with Gasteiger partial charge in [-0.2, -0.15) is 0 Å². The number of aromatic nitrogens is 1. The Hall–Kier alpha value is -2.18. The number of carbonyl (C=O) groups excluding carboxylic acids is 1. The lowest BCUT2D eigenvalue weighted by Crippen LogP contribution is -2.24. The molecule has 0 atom stereocenters. The maximum absolute atomic E-state index is 11.9. The SMILES string of the molecule is CN(C)C(=O)c1nccc([N+](=O)[O-])c1OC1CC1. The van der Waals surface area contributed by atoms with Gasteiger partial charge in [-0.1, -0.05) is 0 Å². The minimum atomic E-state index is -0.564. The molecule has 1 aliphatic carbocycles. The third-order valence-electron chi connectivity index (χ3n) is 2.50. The molecule has 7 nitrogen and oxygen atoms in total. The van der Waals surface area contributed by atoms with E-state index in [1.807, 2.05) is 0 Å². The van der Waals surface area contributed by atoms with E-state index in [1.54, 1.807) is 14.1 Å². The van der Waals surface area contributed by atoms with Crippen LogP contribution in [0.15, 0.2) is 12.3 Å². The summed E-state index contributed by atoms with van der Waals surface area (Å²) < 4.78 is 5.47. The maximum Gasteiger partial charge on any atom is 0.315 e. The highest BCUT2D eigenvalue weighted by Gasteiger charge is 2.32. The molecule has 1 aliphatic rings. The Morgan fingerprint density at radius 1 is 1.56 bits per heavy atom. The fourth-order valence-electron chi connectivity index (χ4n) is 1.41. The van der Waals surface area contributed by atoms with Gasteiger partial charge in [0.2, 0.25) is 5.75 Å². The van der Waals surface area contributed by atoms with Crippen LogP contribution in [-0.4, -0.2) is 40.9 Å². The minimum Gasteiger partial charge on any atom is -0.482 e. The summed E-state index contributed by atoms with van der Waals surface area (Å²) in [6.45, 7) is 0. The highest BCUT2D eigenvalue weighted by atomic mass is 16.6. The van der Waals surface area contributed by atoms with Crippen molar-refractivity contribution in [1.82, 2.24) is 9.88 Å². The number of nitrogens with zero attached hydrogens (tertiary/aromatic N) is 3. The van der Waals surface area contributed by atoms with Crippen LogP contribution in [0.5, 0.6) is 5.75 Å². The molecule has 0 radical (unpaired) electrons. The van der Waals surface area contributed by atoms with E-state index in [-0.39, 0.29) is 23.2 Å². The van der Waals surface area contributed by atoms with Crippen molar-refractivity contribution >= 4 is 11.6 Å². The van der Waals surface area contributed by atoms with E-state index in [4.69, 9.17) is 4.74 Å². The summed E-state index contributed by atoms with van der Waals surface area (Å²) in [5, 5.41) is 10.9. The lowest BCUT2D eigenvalue weighted by atomic mass is 10.2. The molecule has 2 rings (SSSR count). The maximum atomic E-state index is 11.9. The molecule has 1 heterocycles. The van der Waals surface area contributed by atoms with Crippen LogP contribution in [0, 0.1) is 10.1 Å². The first-order chi connectivity index (χ1) is 8.50. The van der Waals surface area contributed by atoms with Gasteiger partial charge in [0, 0.05) is 26.4 Å². The van der Waals surface area contributed by atoms with Crippen LogP contribution in [0.25, 0.3) is 0 Å². The summed E-state index contributed by atoms with van der Waals surface area (Å²) in [7, 11) is 3.12. The van der Waals surface area contributed by atoms with Crippen LogP contribution >= 0.6 is 0 Å². The Kier molecular flexibility index (Phi) is 3.14. The zero-order valence-electron chi connectivity index (χ0n) is 10.1. The van der Waals surface area contributed by atoms with Gasteiger partial charge in [0.15, 0.2) is 5.69 Å². The number of ether oxygens (including phenoxy) is 1. The molecule has 1 amide bonds. The highest BCUT2D eigenvalue weighted by Crippen LogP contribution is 2.35. The number of carbonyl (C=O) groups is 1. The van der Waals surface area contributed by atoms with Crippen molar-refractivity contribution in [1.29, 1.82) is 0 Å². The molecule has 0 bridgehead atoms. The van der Waals surface area contributed by atoms with Crippen LogP contribution in [0.1, 0.15) is 23.3 Å². The van der Waals surface area contributed by atoms with Crippen molar-refractivity contribution in [3.05, 3.63) is 28.1 Å². The quantitative estimate of drug-likeness (QED) is 0.593. The summed E-state index contributed by atoms with van der Waals surface area (Å²) in [4.78, 5) is 27.5. The molecular formula is C11H13N3O4. The second kappa shape index (κ2) is 4.59. The molecular weight excluding hydrogens is 238 g/mol. The van der Waals surface area contributed by atoms with E-state index in [2.05, 4.69) is 4.98 Å². The van der Waals surface area contributed by atoms with Gasteiger partial charge in [0.1, 0.15) is 0 Å². The molecule has 1 fully saturated rings. The van der Waals surface area contributed by atoms with Gasteiger partial charge in [-0.25, -0.2) is 4.98 Å². The molecule has 1 aromatic heterocycles. The number of nitro groups is 1. The molecule has 0 saturated heterocycles. The Morgan fingerprint density at radius 3 is 2.72 bits per heavy atom. The Balaban J connectivity index is 2.46. The van der Waals surface area contributed by atoms with Gasteiger partial charge >= 0.3 is 5.69 Å². The Labute approximate surface area is 104 Å². The number of pyridine rings is 1. The van der Waals surface area contributed by atoms with Gasteiger partial charge in [-0.3, -0.25) is 14.9 Å². The normalized spacial score (nSPS) is 14.1. The largest absolute Gasteiger partial charge is 0.482 e. The first-order valence-electron chi connectivity index (χ1n) is 5.52. The second-order valence-electron chi connectivity index (χ2n) is 4.28. The summed E-state index contributed by atoms with van der Waals surface area (Å²) in [5.41, 5.74) is -0.233. The summed E-state index contributed by atoms with van der Waals surface area (Å²) in [6.07, 6.45) is 2.90. The Bertz CT molecular complexity index is 497. The van der Waals surface area contributed by atoms with Crippen LogP contribution in [0.3, 0.4) is 0 Å². The van der Waals surface area contributed by atoms with Gasteiger partial charge in [0.05, 0.1) is 11.0 Å². The van der Waals surface area contributed by atoms with Crippen molar-refractivity contribution in [2.24, 2.45) is 0 Å². The van der Waals surface area contributed by atoms with Crippen molar-refractivity contribution in [2.45, 2.75) is 18.9 Å². The van der Waals surface area contributed by atoms with Crippen molar-refractivity contribution in [3.63, 3.8) is 0 Å². The first kappa shape index (κ1) is 12.3. The monoisotopic (exact) mass is 251 g/mol. The minimum absolute atomic E-state index is 0.0129. The number of hydrogen-bond donors (Lipinski definition) is 0. The Morgan fingerprint density at radius 2 is 2.22 bits per heavy atom. The fourth-order valence-corrected chi connectivity index (χ4v) is 1.41. The molecule has 96 valence electrons. The predicted molar refractivity (Wildman–Crippen MR) is 62.6 cm³/mol. The highest BCUT2D eigenvalue weighted by molar-refractivity contribution is 5.95. The number of amides is 1. The van der Waals surface area contributed by atoms with E-state index in [1.165, 1.54) is 17.2 Å². The van der Waals surface area contributed by atoms with E-state index in [0.29, 0.717) is 0 Å². The molecule has 1 aromatic rings. The first-order valence-corrected chi connectivity index (χ1v) is 5.52. The molecule has 18 heavy (non-hydrogen) atoms. The second-order valence-corrected chi connectivity index (χ2v) is 4.28. The standard InChI is InChI=1S/C11H13N3O4/c1-13(2)11(15)9-10(18-7-3-4-7)8(14(16)17)5-6-12-9/h5-7H,3-4H2,1-2H3. The molecule has 0 N–H and O–H groups in total. The van der Waals surface area contributed by atoms with E-state index in [0.717, 1.165) is 12.8 Å². The lowest BCUT2D eigenvalue weighted by molar-refractivity contribution is -0.386. The average molecular weight is 251 g/mol. The van der Waals surface area contributed by atoms with E-state index >= 15 is 0 Å². The zero-order valence-corrected chi connectivity index (χ0v) is 10.1.